The highest BCUT2D eigenvalue weighted by molar-refractivity contribution is 4.73. The van der Waals surface area contributed by atoms with Crippen LogP contribution in [0.15, 0.2) is 0 Å². The molecule has 0 saturated carbocycles. The first-order valence-electron chi connectivity index (χ1n) is 6.56. The topological polar surface area (TPSA) is 47.7 Å². The predicted octanol–water partition coefficient (Wildman–Crippen LogP) is 0.953. The number of likely N-dealkylation sites (tertiary alicyclic amines) is 1. The van der Waals surface area contributed by atoms with Gasteiger partial charge in [-0.25, -0.2) is 0 Å². The minimum absolute atomic E-state index is 0.0563. The molecule has 2 saturated heterocycles. The van der Waals surface area contributed by atoms with Crippen molar-refractivity contribution in [1.29, 1.82) is 0 Å². The van der Waals surface area contributed by atoms with Gasteiger partial charge >= 0.3 is 0 Å². The van der Waals surface area contributed by atoms with Crippen LogP contribution in [-0.2, 0) is 9.47 Å². The molecule has 2 N–H and O–H groups in total. The van der Waals surface area contributed by atoms with E-state index in [0.717, 1.165) is 52.1 Å². The van der Waals surface area contributed by atoms with Crippen molar-refractivity contribution >= 4 is 0 Å². The summed E-state index contributed by atoms with van der Waals surface area (Å²) in [6, 6.07) is 0.416. The van der Waals surface area contributed by atoms with E-state index in [0.29, 0.717) is 6.04 Å². The second kappa shape index (κ2) is 6.55. The Morgan fingerprint density at radius 2 is 2.00 bits per heavy atom. The second-order valence-corrected chi connectivity index (χ2v) is 4.85. The maximum atomic E-state index is 5.86. The number of nitrogens with zero attached hydrogens (tertiary/aromatic N) is 1. The van der Waals surface area contributed by atoms with E-state index in [1.807, 2.05) is 0 Å². The zero-order valence-electron chi connectivity index (χ0n) is 10.1. The van der Waals surface area contributed by atoms with Crippen LogP contribution in [0.3, 0.4) is 0 Å². The average molecular weight is 228 g/mol. The third-order valence-electron chi connectivity index (χ3n) is 3.48. The van der Waals surface area contributed by atoms with Gasteiger partial charge in [-0.15, -0.1) is 0 Å². The molecule has 0 bridgehead atoms. The fraction of sp³-hybridized carbons (Fsp3) is 1.00. The fourth-order valence-corrected chi connectivity index (χ4v) is 2.33. The minimum atomic E-state index is 0.0563. The van der Waals surface area contributed by atoms with E-state index in [4.69, 9.17) is 15.2 Å². The third kappa shape index (κ3) is 4.01. The Balaban J connectivity index is 1.53. The molecule has 0 spiro atoms. The van der Waals surface area contributed by atoms with Crippen molar-refractivity contribution < 1.29 is 9.47 Å². The van der Waals surface area contributed by atoms with Gasteiger partial charge < -0.3 is 20.1 Å². The lowest BCUT2D eigenvalue weighted by Crippen LogP contribution is -2.41. The zero-order chi connectivity index (χ0) is 11.2. The molecule has 16 heavy (non-hydrogen) atoms. The number of piperidine rings is 1. The van der Waals surface area contributed by atoms with Crippen LogP contribution in [0.25, 0.3) is 0 Å². The van der Waals surface area contributed by atoms with Gasteiger partial charge in [-0.05, 0) is 45.2 Å². The minimum Gasteiger partial charge on any atom is -0.353 e. The van der Waals surface area contributed by atoms with Crippen LogP contribution < -0.4 is 5.73 Å². The molecule has 2 rings (SSSR count). The Morgan fingerprint density at radius 1 is 1.19 bits per heavy atom. The van der Waals surface area contributed by atoms with Crippen molar-refractivity contribution in [2.45, 2.75) is 44.4 Å². The van der Waals surface area contributed by atoms with E-state index in [1.165, 1.54) is 12.8 Å². The summed E-state index contributed by atoms with van der Waals surface area (Å²) in [6.07, 6.45) is 5.79. The van der Waals surface area contributed by atoms with Gasteiger partial charge in [0.25, 0.3) is 0 Å². The molecule has 0 aliphatic carbocycles. The molecular weight excluding hydrogens is 204 g/mol. The molecule has 2 fully saturated rings. The largest absolute Gasteiger partial charge is 0.353 e. The molecule has 2 aliphatic heterocycles. The molecule has 0 radical (unpaired) electrons. The van der Waals surface area contributed by atoms with Gasteiger partial charge in [0.2, 0.25) is 0 Å². The molecule has 1 atom stereocenters. The Bertz CT molecular complexity index is 187. The molecule has 2 aliphatic rings. The SMILES string of the molecule is NC1CCN(CCOC2CCCCO2)CC1. The first-order chi connectivity index (χ1) is 7.84. The van der Waals surface area contributed by atoms with Gasteiger partial charge in [0.1, 0.15) is 0 Å². The summed E-state index contributed by atoms with van der Waals surface area (Å²) in [5, 5.41) is 0. The molecular formula is C12H24N2O2. The maximum Gasteiger partial charge on any atom is 0.157 e. The highest BCUT2D eigenvalue weighted by atomic mass is 16.7. The smallest absolute Gasteiger partial charge is 0.157 e. The Kier molecular flexibility index (Phi) is 5.03. The molecule has 4 nitrogen and oxygen atoms in total. The Morgan fingerprint density at radius 3 is 2.69 bits per heavy atom. The first-order valence-corrected chi connectivity index (χ1v) is 6.56. The van der Waals surface area contributed by atoms with Crippen LogP contribution in [0.2, 0.25) is 0 Å². The van der Waals surface area contributed by atoms with Gasteiger partial charge in [0.15, 0.2) is 6.29 Å². The first kappa shape index (κ1) is 12.3. The monoisotopic (exact) mass is 228 g/mol. The maximum absolute atomic E-state index is 5.86. The quantitative estimate of drug-likeness (QED) is 0.778. The summed E-state index contributed by atoms with van der Waals surface area (Å²) in [6.45, 7) is 4.92. The van der Waals surface area contributed by atoms with E-state index >= 15 is 0 Å². The number of rotatable bonds is 4. The van der Waals surface area contributed by atoms with Crippen molar-refractivity contribution in [2.75, 3.05) is 32.8 Å². The van der Waals surface area contributed by atoms with E-state index in [2.05, 4.69) is 4.90 Å². The van der Waals surface area contributed by atoms with Crippen molar-refractivity contribution in [3.8, 4) is 0 Å². The van der Waals surface area contributed by atoms with Crippen molar-refractivity contribution in [1.82, 2.24) is 4.90 Å². The summed E-state index contributed by atoms with van der Waals surface area (Å²) in [5.41, 5.74) is 5.86. The van der Waals surface area contributed by atoms with Crippen LogP contribution in [0, 0.1) is 0 Å². The highest BCUT2D eigenvalue weighted by Gasteiger charge is 2.17. The third-order valence-corrected chi connectivity index (χ3v) is 3.48. The molecule has 0 amide bonds. The van der Waals surface area contributed by atoms with Crippen molar-refractivity contribution in [2.24, 2.45) is 5.73 Å². The van der Waals surface area contributed by atoms with E-state index in [-0.39, 0.29) is 6.29 Å². The van der Waals surface area contributed by atoms with Crippen LogP contribution >= 0.6 is 0 Å². The zero-order valence-corrected chi connectivity index (χ0v) is 10.1. The molecule has 2 heterocycles. The lowest BCUT2D eigenvalue weighted by molar-refractivity contribution is -0.164. The Labute approximate surface area is 98.1 Å². The van der Waals surface area contributed by atoms with E-state index < -0.39 is 0 Å². The molecule has 1 unspecified atom stereocenters. The standard InChI is InChI=1S/C12H24N2O2/c13-11-4-6-14(7-5-11)8-10-16-12-3-1-2-9-15-12/h11-12H,1-10,13H2. The van der Waals surface area contributed by atoms with Gasteiger partial charge in [-0.1, -0.05) is 0 Å². The van der Waals surface area contributed by atoms with Gasteiger partial charge in [-0.3, -0.25) is 0 Å². The van der Waals surface area contributed by atoms with Crippen molar-refractivity contribution in [3.63, 3.8) is 0 Å². The Hall–Kier alpha value is -0.160. The molecule has 4 heteroatoms. The number of nitrogens with two attached hydrogens (primary N) is 1. The summed E-state index contributed by atoms with van der Waals surface area (Å²) < 4.78 is 11.2. The van der Waals surface area contributed by atoms with Crippen LogP contribution in [0.4, 0.5) is 0 Å². The summed E-state index contributed by atoms with van der Waals surface area (Å²) in [7, 11) is 0. The lowest BCUT2D eigenvalue weighted by atomic mass is 10.1. The highest BCUT2D eigenvalue weighted by Crippen LogP contribution is 2.14. The number of hydrogen-bond acceptors (Lipinski definition) is 4. The fourth-order valence-electron chi connectivity index (χ4n) is 2.33. The van der Waals surface area contributed by atoms with Gasteiger partial charge in [0.05, 0.1) is 6.61 Å². The summed E-state index contributed by atoms with van der Waals surface area (Å²) in [5.74, 6) is 0. The summed E-state index contributed by atoms with van der Waals surface area (Å²) in [4.78, 5) is 2.44. The van der Waals surface area contributed by atoms with Crippen LogP contribution in [0.1, 0.15) is 32.1 Å². The average Bonchev–Trinajstić information content (AvgIpc) is 2.33. The normalized spacial score (nSPS) is 29.4. The molecule has 0 aromatic heterocycles. The van der Waals surface area contributed by atoms with Crippen LogP contribution in [-0.4, -0.2) is 50.1 Å². The van der Waals surface area contributed by atoms with Crippen LogP contribution in [0.5, 0.6) is 0 Å². The predicted molar refractivity (Wildman–Crippen MR) is 63.2 cm³/mol. The van der Waals surface area contributed by atoms with Gasteiger partial charge in [-0.2, -0.15) is 0 Å². The van der Waals surface area contributed by atoms with Crippen molar-refractivity contribution in [3.05, 3.63) is 0 Å². The van der Waals surface area contributed by atoms with E-state index in [9.17, 15) is 0 Å². The number of ether oxygens (including phenoxy) is 2. The second-order valence-electron chi connectivity index (χ2n) is 4.85. The molecule has 94 valence electrons. The number of hydrogen-bond donors (Lipinski definition) is 1. The lowest BCUT2D eigenvalue weighted by Gasteiger charge is -2.30. The molecule has 0 aromatic rings. The summed E-state index contributed by atoms with van der Waals surface area (Å²) >= 11 is 0. The molecule has 0 aromatic carbocycles. The van der Waals surface area contributed by atoms with E-state index in [1.54, 1.807) is 0 Å². The van der Waals surface area contributed by atoms with Gasteiger partial charge in [0, 0.05) is 19.2 Å².